The second-order valence-corrected chi connectivity index (χ2v) is 7.04. The predicted octanol–water partition coefficient (Wildman–Crippen LogP) is 2.49. The molecule has 0 N–H and O–H groups in total. The summed E-state index contributed by atoms with van der Waals surface area (Å²) in [6, 6.07) is 0.970. The molecular formula is C11H22O3Si. The quantitative estimate of drug-likeness (QED) is 0.346. The van der Waals surface area contributed by atoms with Crippen LogP contribution in [0.4, 0.5) is 0 Å². The van der Waals surface area contributed by atoms with Gasteiger partial charge in [-0.25, -0.2) is 0 Å². The van der Waals surface area contributed by atoms with Gasteiger partial charge in [-0.1, -0.05) is 6.58 Å². The summed E-state index contributed by atoms with van der Waals surface area (Å²) in [5.41, 5.74) is 2.71. The third-order valence-electron chi connectivity index (χ3n) is 2.33. The van der Waals surface area contributed by atoms with Crippen molar-refractivity contribution in [3.8, 4) is 0 Å². The first-order valence-corrected chi connectivity index (χ1v) is 7.73. The van der Waals surface area contributed by atoms with Crippen LogP contribution < -0.4 is 0 Å². The van der Waals surface area contributed by atoms with E-state index in [2.05, 4.69) is 18.9 Å². The summed E-state index contributed by atoms with van der Waals surface area (Å²) < 4.78 is 16.2. The Balaban J connectivity index is 3.41. The lowest BCUT2D eigenvalue weighted by atomic mass is 10.4. The molecule has 0 fully saturated rings. The highest BCUT2D eigenvalue weighted by atomic mass is 28.4. The monoisotopic (exact) mass is 230 g/mol. The van der Waals surface area contributed by atoms with Crippen LogP contribution >= 0.6 is 0 Å². The smallest absolute Gasteiger partial charge is 0.334 e. The van der Waals surface area contributed by atoms with Gasteiger partial charge in [0.2, 0.25) is 0 Å². The number of hydrogen-bond donors (Lipinski definition) is 0. The van der Waals surface area contributed by atoms with E-state index in [0.29, 0.717) is 0 Å². The highest BCUT2D eigenvalue weighted by Crippen LogP contribution is 2.13. The van der Waals surface area contributed by atoms with E-state index in [-0.39, 0.29) is 0 Å². The van der Waals surface area contributed by atoms with Crippen LogP contribution in [-0.4, -0.2) is 36.0 Å². The van der Waals surface area contributed by atoms with Crippen LogP contribution in [0.3, 0.4) is 0 Å². The van der Waals surface area contributed by atoms with Crippen LogP contribution in [-0.2, 0) is 13.6 Å². The van der Waals surface area contributed by atoms with Crippen molar-refractivity contribution in [2.75, 3.05) is 27.4 Å². The Morgan fingerprint density at radius 3 is 2.47 bits per heavy atom. The van der Waals surface area contributed by atoms with Crippen molar-refractivity contribution in [2.24, 2.45) is 0 Å². The first kappa shape index (κ1) is 14.6. The summed E-state index contributed by atoms with van der Waals surface area (Å²) in [7, 11) is 1.54. The van der Waals surface area contributed by atoms with Crippen molar-refractivity contribution in [3.05, 3.63) is 18.4 Å². The molecule has 0 aromatic rings. The predicted molar refractivity (Wildman–Crippen MR) is 64.2 cm³/mol. The van der Waals surface area contributed by atoms with Gasteiger partial charge in [-0.05, 0) is 31.5 Å². The van der Waals surface area contributed by atoms with Crippen molar-refractivity contribution in [3.63, 3.8) is 0 Å². The maximum Gasteiger partial charge on any atom is 0.334 e. The van der Waals surface area contributed by atoms with Gasteiger partial charge in [0, 0.05) is 20.8 Å². The molecule has 0 rings (SSSR count). The van der Waals surface area contributed by atoms with Crippen LogP contribution in [0.5, 0.6) is 0 Å². The topological polar surface area (TPSA) is 27.7 Å². The number of hydrogen-bond acceptors (Lipinski definition) is 3. The lowest BCUT2D eigenvalue weighted by molar-refractivity contribution is 0.136. The van der Waals surface area contributed by atoms with Crippen molar-refractivity contribution in [2.45, 2.75) is 25.4 Å². The maximum atomic E-state index is 5.43. The molecule has 3 nitrogen and oxygen atoms in total. The molecular weight excluding hydrogens is 208 g/mol. The van der Waals surface area contributed by atoms with Gasteiger partial charge in [0.05, 0.1) is 6.61 Å². The van der Waals surface area contributed by atoms with Crippen molar-refractivity contribution < 1.29 is 13.6 Å². The van der Waals surface area contributed by atoms with Crippen LogP contribution in [0.15, 0.2) is 18.4 Å². The minimum Gasteiger partial charge on any atom is -0.398 e. The van der Waals surface area contributed by atoms with Gasteiger partial charge in [-0.3, -0.25) is 0 Å². The molecule has 0 aromatic carbocycles. The summed E-state index contributed by atoms with van der Waals surface area (Å²) >= 11 is 0. The van der Waals surface area contributed by atoms with Crippen LogP contribution in [0.25, 0.3) is 0 Å². The highest BCUT2D eigenvalue weighted by molar-refractivity contribution is 6.65. The Hall–Kier alpha value is -0.383. The second-order valence-electron chi connectivity index (χ2n) is 3.45. The zero-order chi connectivity index (χ0) is 11.6. The molecule has 88 valence electrons. The fraction of sp³-hybridized carbons (Fsp3) is 0.727. The van der Waals surface area contributed by atoms with Gasteiger partial charge in [0.1, 0.15) is 0 Å². The molecule has 0 radical (unpaired) electrons. The van der Waals surface area contributed by atoms with Gasteiger partial charge in [0.25, 0.3) is 0 Å². The molecule has 0 bridgehead atoms. The molecule has 0 heterocycles. The molecule has 0 aliphatic heterocycles. The van der Waals surface area contributed by atoms with Crippen molar-refractivity contribution >= 4 is 8.56 Å². The molecule has 0 amide bonds. The van der Waals surface area contributed by atoms with E-state index in [0.717, 1.165) is 32.1 Å². The molecule has 4 heteroatoms. The Kier molecular flexibility index (Phi) is 8.66. The zero-order valence-electron chi connectivity index (χ0n) is 10.0. The third-order valence-corrected chi connectivity index (χ3v) is 5.32. The molecule has 15 heavy (non-hydrogen) atoms. The fourth-order valence-corrected chi connectivity index (χ4v) is 2.49. The molecule has 0 aliphatic rings. The molecule has 0 aliphatic carbocycles. The largest absolute Gasteiger partial charge is 0.398 e. The Labute approximate surface area is 94.0 Å². The van der Waals surface area contributed by atoms with Gasteiger partial charge in [-0.15, -0.1) is 5.73 Å². The Bertz CT molecular complexity index is 196. The van der Waals surface area contributed by atoms with E-state index in [4.69, 9.17) is 13.6 Å². The summed E-state index contributed by atoms with van der Waals surface area (Å²) in [6.45, 7) is 7.05. The number of rotatable bonds is 9. The molecule has 0 unspecified atom stereocenters. The average molecular weight is 230 g/mol. The van der Waals surface area contributed by atoms with Gasteiger partial charge in [0.15, 0.2) is 0 Å². The molecule has 0 saturated heterocycles. The van der Waals surface area contributed by atoms with E-state index < -0.39 is 8.56 Å². The van der Waals surface area contributed by atoms with Gasteiger partial charge >= 0.3 is 8.56 Å². The van der Waals surface area contributed by atoms with Crippen molar-refractivity contribution in [1.29, 1.82) is 0 Å². The SMILES string of the molecule is C=C=CCCOCCC[Si](C)(OC)OC. The Morgan fingerprint density at radius 2 is 1.93 bits per heavy atom. The fourth-order valence-electron chi connectivity index (χ4n) is 1.13. The summed E-state index contributed by atoms with van der Waals surface area (Å²) in [6.07, 6.45) is 3.75. The van der Waals surface area contributed by atoms with Crippen LogP contribution in [0.1, 0.15) is 12.8 Å². The average Bonchev–Trinajstić information content (AvgIpc) is 2.27. The van der Waals surface area contributed by atoms with Gasteiger partial charge < -0.3 is 13.6 Å². The first-order chi connectivity index (χ1) is 7.18. The summed E-state index contributed by atoms with van der Waals surface area (Å²) in [5.74, 6) is 0. The minimum atomic E-state index is -1.88. The lowest BCUT2D eigenvalue weighted by Crippen LogP contribution is -2.36. The molecule has 0 spiro atoms. The lowest BCUT2D eigenvalue weighted by Gasteiger charge is -2.22. The summed E-state index contributed by atoms with van der Waals surface area (Å²) in [4.78, 5) is 0. The van der Waals surface area contributed by atoms with E-state index in [1.807, 2.05) is 6.08 Å². The Morgan fingerprint density at radius 1 is 1.27 bits per heavy atom. The minimum absolute atomic E-state index is 0.737. The normalized spacial score (nSPS) is 11.1. The second kappa shape index (κ2) is 8.89. The van der Waals surface area contributed by atoms with Crippen molar-refractivity contribution in [1.82, 2.24) is 0 Å². The van der Waals surface area contributed by atoms with Crippen LogP contribution in [0.2, 0.25) is 12.6 Å². The first-order valence-electron chi connectivity index (χ1n) is 5.21. The molecule has 0 saturated carbocycles. The molecule has 0 atom stereocenters. The van der Waals surface area contributed by atoms with Gasteiger partial charge in [-0.2, -0.15) is 0 Å². The third kappa shape index (κ3) is 7.53. The maximum absolute atomic E-state index is 5.43. The van der Waals surface area contributed by atoms with Crippen LogP contribution in [0, 0.1) is 0 Å². The van der Waals surface area contributed by atoms with E-state index in [9.17, 15) is 0 Å². The highest BCUT2D eigenvalue weighted by Gasteiger charge is 2.27. The van der Waals surface area contributed by atoms with E-state index >= 15 is 0 Å². The summed E-state index contributed by atoms with van der Waals surface area (Å²) in [5, 5.41) is 0. The van der Waals surface area contributed by atoms with E-state index in [1.54, 1.807) is 14.2 Å². The standard InChI is InChI=1S/C11H22O3Si/c1-5-6-7-9-14-10-8-11-15(4,12-2)13-3/h6H,1,7-11H2,2-4H3. The zero-order valence-corrected chi connectivity index (χ0v) is 11.0. The number of ether oxygens (including phenoxy) is 1. The van der Waals surface area contributed by atoms with E-state index in [1.165, 1.54) is 0 Å². The molecule has 0 aromatic heterocycles.